The third kappa shape index (κ3) is 12.8. The highest BCUT2D eigenvalue weighted by Gasteiger charge is 2.41. The number of ketones is 1. The molecule has 0 saturated heterocycles. The molecule has 0 amide bonds. The van der Waals surface area contributed by atoms with E-state index in [1.807, 2.05) is 0 Å². The van der Waals surface area contributed by atoms with Crippen molar-refractivity contribution in [1.82, 2.24) is 0 Å². The fourth-order valence-electron chi connectivity index (χ4n) is 6.82. The van der Waals surface area contributed by atoms with Crippen LogP contribution in [0.25, 0.3) is 0 Å². The summed E-state index contributed by atoms with van der Waals surface area (Å²) < 4.78 is 0. The lowest BCUT2D eigenvalue weighted by Gasteiger charge is -2.43. The molecule has 0 aliphatic heterocycles. The second kappa shape index (κ2) is 17.2. The second-order valence-corrected chi connectivity index (χ2v) is 12.8. The smallest absolute Gasteiger partial charge is 0.136 e. The third-order valence-electron chi connectivity index (χ3n) is 9.34. The van der Waals surface area contributed by atoms with Crippen molar-refractivity contribution in [2.24, 2.45) is 40.7 Å². The molecule has 0 unspecified atom stereocenters. The number of unbranched alkanes of at least 4 members (excludes halogenated alkanes) is 14. The van der Waals surface area contributed by atoms with Gasteiger partial charge in [-0.3, -0.25) is 4.79 Å². The van der Waals surface area contributed by atoms with Crippen molar-refractivity contribution in [3.05, 3.63) is 0 Å². The third-order valence-corrected chi connectivity index (χ3v) is 9.34. The molecule has 0 aromatic heterocycles. The van der Waals surface area contributed by atoms with Gasteiger partial charge in [0.25, 0.3) is 0 Å². The normalized spacial score (nSPS) is 20.7. The number of rotatable bonds is 19. The summed E-state index contributed by atoms with van der Waals surface area (Å²) in [7, 11) is 0. The van der Waals surface area contributed by atoms with Gasteiger partial charge in [-0.15, -0.1) is 0 Å². The van der Waals surface area contributed by atoms with Crippen LogP contribution in [0.5, 0.6) is 0 Å². The predicted molar refractivity (Wildman–Crippen MR) is 154 cm³/mol. The molecule has 0 spiro atoms. The minimum absolute atomic E-state index is 0.156. The summed E-state index contributed by atoms with van der Waals surface area (Å²) in [4.78, 5) is 13.5. The molecule has 2 aliphatic rings. The van der Waals surface area contributed by atoms with Crippen LogP contribution < -0.4 is 22.9 Å². The molecule has 8 N–H and O–H groups in total. The number of carbonyl (C=O) groups excluding carboxylic acids is 1. The largest absolute Gasteiger partial charge is 0.313 e. The van der Waals surface area contributed by atoms with Gasteiger partial charge in [0.1, 0.15) is 5.78 Å². The van der Waals surface area contributed by atoms with Crippen molar-refractivity contribution in [1.29, 1.82) is 0 Å². The van der Waals surface area contributed by atoms with E-state index in [4.69, 9.17) is 22.9 Å². The van der Waals surface area contributed by atoms with E-state index in [-0.39, 0.29) is 5.92 Å². The SMILES string of the molecule is CCCCCCCCCCCCCCCCCC(=O)C(C1CCC(N)(N)CC1)C1CCC(N)(N)CC1. The van der Waals surface area contributed by atoms with Crippen LogP contribution in [-0.2, 0) is 4.79 Å². The van der Waals surface area contributed by atoms with E-state index in [0.717, 1.165) is 64.2 Å². The van der Waals surface area contributed by atoms with E-state index in [2.05, 4.69) is 6.92 Å². The summed E-state index contributed by atoms with van der Waals surface area (Å²) in [6, 6.07) is 0. The quantitative estimate of drug-likeness (QED) is 0.110. The lowest BCUT2D eigenvalue weighted by Crippen LogP contribution is -2.54. The number of carbonyl (C=O) groups is 1. The van der Waals surface area contributed by atoms with Gasteiger partial charge >= 0.3 is 0 Å². The van der Waals surface area contributed by atoms with Crippen molar-refractivity contribution >= 4 is 5.78 Å². The highest BCUT2D eigenvalue weighted by Crippen LogP contribution is 2.42. The average molecular weight is 507 g/mol. The molecule has 2 saturated carbocycles. The Labute approximate surface area is 223 Å². The van der Waals surface area contributed by atoms with Crippen LogP contribution in [-0.4, -0.2) is 17.1 Å². The maximum atomic E-state index is 13.5. The first-order valence-electron chi connectivity index (χ1n) is 15.9. The molecular weight excluding hydrogens is 444 g/mol. The van der Waals surface area contributed by atoms with E-state index in [0.29, 0.717) is 17.6 Å². The zero-order valence-electron chi connectivity index (χ0n) is 23.9. The van der Waals surface area contributed by atoms with Crippen LogP contribution in [0.2, 0.25) is 0 Å². The Morgan fingerprint density at radius 2 is 0.889 bits per heavy atom. The molecule has 0 bridgehead atoms. The Hall–Kier alpha value is -0.490. The summed E-state index contributed by atoms with van der Waals surface area (Å²) in [5.41, 5.74) is 23.7. The molecular formula is C31H62N4O. The van der Waals surface area contributed by atoms with Gasteiger partial charge in [0.05, 0.1) is 11.3 Å². The van der Waals surface area contributed by atoms with Crippen LogP contribution in [0, 0.1) is 17.8 Å². The van der Waals surface area contributed by atoms with Gasteiger partial charge in [-0.25, -0.2) is 0 Å². The van der Waals surface area contributed by atoms with Crippen LogP contribution >= 0.6 is 0 Å². The number of Topliss-reactive ketones (excluding diaryl/α,β-unsaturated/α-hetero) is 1. The first-order valence-corrected chi connectivity index (χ1v) is 15.9. The topological polar surface area (TPSA) is 121 Å². The maximum absolute atomic E-state index is 13.5. The number of nitrogens with two attached hydrogens (primary N) is 4. The van der Waals surface area contributed by atoms with Gasteiger partial charge in [-0.05, 0) is 69.6 Å². The number of hydrogen-bond acceptors (Lipinski definition) is 5. The van der Waals surface area contributed by atoms with Gasteiger partial charge in [0.2, 0.25) is 0 Å². The van der Waals surface area contributed by atoms with Crippen LogP contribution in [0.3, 0.4) is 0 Å². The first-order chi connectivity index (χ1) is 17.2. The monoisotopic (exact) mass is 506 g/mol. The van der Waals surface area contributed by atoms with Gasteiger partial charge in [-0.2, -0.15) is 0 Å². The Kier molecular flexibility index (Phi) is 15.1. The molecule has 212 valence electrons. The summed E-state index contributed by atoms with van der Waals surface area (Å²) >= 11 is 0. The fraction of sp³-hybridized carbons (Fsp3) is 0.968. The highest BCUT2D eigenvalue weighted by molar-refractivity contribution is 5.81. The van der Waals surface area contributed by atoms with Gasteiger partial charge < -0.3 is 22.9 Å². The zero-order chi connectivity index (χ0) is 26.3. The van der Waals surface area contributed by atoms with E-state index in [1.165, 1.54) is 89.9 Å². The summed E-state index contributed by atoms with van der Waals surface area (Å²) in [6.07, 6.45) is 28.2. The lowest BCUT2D eigenvalue weighted by atomic mass is 9.65. The fourth-order valence-corrected chi connectivity index (χ4v) is 6.82. The maximum Gasteiger partial charge on any atom is 0.136 e. The van der Waals surface area contributed by atoms with Crippen LogP contribution in [0.4, 0.5) is 0 Å². The van der Waals surface area contributed by atoms with E-state index in [1.54, 1.807) is 0 Å². The van der Waals surface area contributed by atoms with Crippen molar-refractivity contribution in [3.8, 4) is 0 Å². The molecule has 2 rings (SSSR count). The molecule has 2 aliphatic carbocycles. The number of hydrogen-bond donors (Lipinski definition) is 4. The predicted octanol–water partition coefficient (Wildman–Crippen LogP) is 7.04. The second-order valence-electron chi connectivity index (χ2n) is 12.8. The van der Waals surface area contributed by atoms with Crippen LogP contribution in [0.15, 0.2) is 0 Å². The molecule has 0 atom stereocenters. The van der Waals surface area contributed by atoms with E-state index in [9.17, 15) is 4.79 Å². The van der Waals surface area contributed by atoms with Crippen molar-refractivity contribution in [2.45, 2.75) is 172 Å². The summed E-state index contributed by atoms with van der Waals surface area (Å²) in [6.45, 7) is 2.28. The molecule has 0 aromatic rings. The summed E-state index contributed by atoms with van der Waals surface area (Å²) in [5, 5.41) is 0. The molecule has 5 nitrogen and oxygen atoms in total. The standard InChI is InChI=1S/C31H62N4O/c1-2-3-4-5-6-7-8-9-10-11-12-13-14-15-16-17-28(36)29(26-18-22-30(32,33)23-19-26)27-20-24-31(34,35)25-21-27/h26-27,29H,2-25,32-35H2,1H3. The molecule has 5 heteroatoms. The Balaban J connectivity index is 1.58. The molecule has 0 radical (unpaired) electrons. The minimum atomic E-state index is -0.547. The van der Waals surface area contributed by atoms with Crippen molar-refractivity contribution in [2.75, 3.05) is 0 Å². The molecule has 2 fully saturated rings. The van der Waals surface area contributed by atoms with Gasteiger partial charge in [0.15, 0.2) is 0 Å². The average Bonchev–Trinajstić information content (AvgIpc) is 2.83. The Morgan fingerprint density at radius 3 is 1.22 bits per heavy atom. The van der Waals surface area contributed by atoms with E-state index < -0.39 is 11.3 Å². The van der Waals surface area contributed by atoms with Crippen molar-refractivity contribution < 1.29 is 4.79 Å². The Bertz CT molecular complexity index is 543. The zero-order valence-corrected chi connectivity index (χ0v) is 23.9. The minimum Gasteiger partial charge on any atom is -0.313 e. The van der Waals surface area contributed by atoms with E-state index >= 15 is 0 Å². The first kappa shape index (κ1) is 31.7. The van der Waals surface area contributed by atoms with Gasteiger partial charge in [0, 0.05) is 12.3 Å². The molecule has 36 heavy (non-hydrogen) atoms. The summed E-state index contributed by atoms with van der Waals surface area (Å²) in [5.74, 6) is 1.51. The molecule has 0 aromatic carbocycles. The molecule has 0 heterocycles. The lowest BCUT2D eigenvalue weighted by molar-refractivity contribution is -0.128. The highest BCUT2D eigenvalue weighted by atomic mass is 16.1. The van der Waals surface area contributed by atoms with Crippen LogP contribution in [0.1, 0.15) is 161 Å². The Morgan fingerprint density at radius 1 is 0.583 bits per heavy atom. The van der Waals surface area contributed by atoms with Crippen molar-refractivity contribution in [3.63, 3.8) is 0 Å². The van der Waals surface area contributed by atoms with Gasteiger partial charge in [-0.1, -0.05) is 96.8 Å².